The van der Waals surface area contributed by atoms with Gasteiger partial charge in [-0.25, -0.2) is 0 Å². The van der Waals surface area contributed by atoms with E-state index in [1.165, 1.54) is 0 Å². The van der Waals surface area contributed by atoms with Gasteiger partial charge in [-0.1, -0.05) is 18.2 Å². The van der Waals surface area contributed by atoms with Crippen LogP contribution in [0, 0.1) is 0 Å². The summed E-state index contributed by atoms with van der Waals surface area (Å²) in [5.74, 6) is 3.68. The first-order chi connectivity index (χ1) is 16.6. The fraction of sp³-hybridized carbons (Fsp3) is 0.200. The highest BCUT2D eigenvalue weighted by molar-refractivity contribution is 5.93. The Morgan fingerprint density at radius 1 is 0.647 bits per heavy atom. The van der Waals surface area contributed by atoms with E-state index in [0.717, 1.165) is 0 Å². The molecule has 9 heteroatoms. The average Bonchev–Trinajstić information content (AvgIpc) is 2.87. The smallest absolute Gasteiger partial charge is 0.324 e. The summed E-state index contributed by atoms with van der Waals surface area (Å²) in [6.45, 7) is 0. The predicted octanol–water partition coefficient (Wildman–Crippen LogP) is 5.21. The molecule has 1 heterocycles. The maximum Gasteiger partial charge on any atom is 0.324 e. The van der Waals surface area contributed by atoms with Gasteiger partial charge in [0.05, 0.1) is 41.1 Å². The average molecular weight is 463 g/mol. The van der Waals surface area contributed by atoms with Gasteiger partial charge < -0.3 is 33.7 Å². The number of methoxy groups -OCH3 is 5. The van der Waals surface area contributed by atoms with E-state index < -0.39 is 0 Å². The Kier molecular flexibility index (Phi) is 6.72. The monoisotopic (exact) mass is 463 g/mol. The van der Waals surface area contributed by atoms with Crippen LogP contribution in [0.15, 0.2) is 54.6 Å². The Morgan fingerprint density at radius 3 is 1.85 bits per heavy atom. The molecule has 0 aliphatic carbocycles. The second-order valence-electron chi connectivity index (χ2n) is 7.03. The third kappa shape index (κ3) is 4.54. The maximum atomic E-state index is 5.92. The van der Waals surface area contributed by atoms with Gasteiger partial charge in [0.15, 0.2) is 23.0 Å². The zero-order chi connectivity index (χ0) is 24.1. The lowest BCUT2D eigenvalue weighted by atomic mass is 10.2. The molecular weight excluding hydrogens is 438 g/mol. The van der Waals surface area contributed by atoms with Crippen molar-refractivity contribution in [3.63, 3.8) is 0 Å². The molecule has 3 aromatic carbocycles. The molecular formula is C25H25N3O6. The van der Waals surface area contributed by atoms with Crippen molar-refractivity contribution in [2.24, 2.45) is 0 Å². The van der Waals surface area contributed by atoms with Crippen LogP contribution in [0.4, 0.5) is 11.5 Å². The lowest BCUT2D eigenvalue weighted by Gasteiger charge is -2.16. The molecule has 0 amide bonds. The molecule has 34 heavy (non-hydrogen) atoms. The highest BCUT2D eigenvalue weighted by atomic mass is 16.5. The number of aromatic nitrogens is 2. The number of hydrogen-bond acceptors (Lipinski definition) is 9. The number of anilines is 2. The number of para-hydroxylation sites is 1. The largest absolute Gasteiger partial charge is 0.493 e. The predicted molar refractivity (Wildman–Crippen MR) is 129 cm³/mol. The van der Waals surface area contributed by atoms with Crippen LogP contribution >= 0.6 is 0 Å². The minimum Gasteiger partial charge on any atom is -0.493 e. The number of fused-ring (bicyclic) bond motifs is 1. The molecule has 0 saturated carbocycles. The molecule has 0 bridgehead atoms. The lowest BCUT2D eigenvalue weighted by Crippen LogP contribution is -2.02. The molecule has 0 atom stereocenters. The van der Waals surface area contributed by atoms with Crippen LogP contribution in [-0.4, -0.2) is 45.5 Å². The second-order valence-corrected chi connectivity index (χ2v) is 7.03. The van der Waals surface area contributed by atoms with Crippen LogP contribution in [0.2, 0.25) is 0 Å². The quantitative estimate of drug-likeness (QED) is 0.359. The van der Waals surface area contributed by atoms with Gasteiger partial charge in [0.2, 0.25) is 5.75 Å². The van der Waals surface area contributed by atoms with E-state index in [2.05, 4.69) is 15.3 Å². The Labute approximate surface area is 197 Å². The van der Waals surface area contributed by atoms with E-state index in [4.69, 9.17) is 28.4 Å². The van der Waals surface area contributed by atoms with E-state index >= 15 is 0 Å². The molecule has 1 N–H and O–H groups in total. The molecule has 0 fully saturated rings. The van der Waals surface area contributed by atoms with Gasteiger partial charge >= 0.3 is 6.01 Å². The van der Waals surface area contributed by atoms with Crippen molar-refractivity contribution in [3.05, 3.63) is 54.6 Å². The zero-order valence-corrected chi connectivity index (χ0v) is 19.5. The second kappa shape index (κ2) is 10.0. The van der Waals surface area contributed by atoms with Gasteiger partial charge in [-0.3, -0.25) is 0 Å². The van der Waals surface area contributed by atoms with Crippen molar-refractivity contribution in [1.29, 1.82) is 0 Å². The van der Waals surface area contributed by atoms with Crippen LogP contribution in [0.1, 0.15) is 0 Å². The molecule has 0 aliphatic heterocycles. The Hall–Kier alpha value is -4.40. The summed E-state index contributed by atoms with van der Waals surface area (Å²) in [5, 5.41) is 4.02. The zero-order valence-electron chi connectivity index (χ0n) is 19.5. The fourth-order valence-corrected chi connectivity index (χ4v) is 3.46. The minimum absolute atomic E-state index is 0.167. The van der Waals surface area contributed by atoms with E-state index in [-0.39, 0.29) is 6.01 Å². The topological polar surface area (TPSA) is 93.2 Å². The van der Waals surface area contributed by atoms with Gasteiger partial charge in [-0.2, -0.15) is 9.97 Å². The van der Waals surface area contributed by atoms with E-state index in [9.17, 15) is 0 Å². The highest BCUT2D eigenvalue weighted by Crippen LogP contribution is 2.42. The van der Waals surface area contributed by atoms with E-state index in [1.807, 2.05) is 30.3 Å². The molecule has 0 saturated heterocycles. The minimum atomic E-state index is 0.167. The summed E-state index contributed by atoms with van der Waals surface area (Å²) in [6.07, 6.45) is 0. The van der Waals surface area contributed by atoms with Gasteiger partial charge in [-0.05, 0) is 18.2 Å². The van der Waals surface area contributed by atoms with Crippen molar-refractivity contribution in [2.45, 2.75) is 0 Å². The van der Waals surface area contributed by atoms with Crippen LogP contribution < -0.4 is 33.7 Å². The summed E-state index contributed by atoms with van der Waals surface area (Å²) in [4.78, 5) is 9.20. The molecule has 0 aliphatic rings. The van der Waals surface area contributed by atoms with Crippen LogP contribution in [0.3, 0.4) is 0 Å². The van der Waals surface area contributed by atoms with Crippen molar-refractivity contribution in [1.82, 2.24) is 9.97 Å². The first-order valence-electron chi connectivity index (χ1n) is 10.3. The van der Waals surface area contributed by atoms with Crippen molar-refractivity contribution < 1.29 is 28.4 Å². The Balaban J connectivity index is 1.85. The fourth-order valence-electron chi connectivity index (χ4n) is 3.46. The third-order valence-electron chi connectivity index (χ3n) is 5.06. The maximum absolute atomic E-state index is 5.92. The summed E-state index contributed by atoms with van der Waals surface area (Å²) in [7, 11) is 7.82. The number of hydrogen-bond donors (Lipinski definition) is 1. The number of nitrogens with zero attached hydrogens (tertiary/aromatic N) is 2. The molecule has 176 valence electrons. The molecule has 4 rings (SSSR count). The van der Waals surface area contributed by atoms with Crippen LogP contribution in [0.5, 0.6) is 40.5 Å². The number of benzene rings is 3. The molecule has 0 spiro atoms. The summed E-state index contributed by atoms with van der Waals surface area (Å²) in [6, 6.07) is 16.6. The molecule has 0 unspecified atom stereocenters. The highest BCUT2D eigenvalue weighted by Gasteiger charge is 2.17. The Morgan fingerprint density at radius 2 is 1.26 bits per heavy atom. The first kappa shape index (κ1) is 22.8. The summed E-state index contributed by atoms with van der Waals surface area (Å²) >= 11 is 0. The summed E-state index contributed by atoms with van der Waals surface area (Å²) < 4.78 is 33.2. The molecule has 9 nitrogen and oxygen atoms in total. The Bertz CT molecular complexity index is 1270. The number of ether oxygens (including phenoxy) is 6. The van der Waals surface area contributed by atoms with Gasteiger partial charge in [-0.15, -0.1) is 0 Å². The van der Waals surface area contributed by atoms with Gasteiger partial charge in [0, 0.05) is 29.3 Å². The number of rotatable bonds is 9. The van der Waals surface area contributed by atoms with E-state index in [0.29, 0.717) is 56.9 Å². The molecule has 0 radical (unpaired) electrons. The van der Waals surface area contributed by atoms with Crippen LogP contribution in [-0.2, 0) is 0 Å². The standard InChI is InChI=1S/C25H25N3O6/c1-29-19-13-17-18(14-20(19)30-2)27-25(34-16-9-7-6-8-10-16)28-24(17)26-15-11-21(31-3)23(33-5)22(12-15)32-4/h6-14H,1-5H3,(H,26,27,28). The third-order valence-corrected chi connectivity index (χ3v) is 5.06. The van der Waals surface area contributed by atoms with Crippen LogP contribution in [0.25, 0.3) is 10.9 Å². The SMILES string of the molecule is COc1cc2nc(Oc3ccccc3)nc(Nc3cc(OC)c(OC)c(OC)c3)c2cc1OC. The molecule has 1 aromatic heterocycles. The normalized spacial score (nSPS) is 10.5. The number of nitrogens with one attached hydrogen (secondary N) is 1. The summed E-state index contributed by atoms with van der Waals surface area (Å²) in [5.41, 5.74) is 1.27. The molecule has 4 aromatic rings. The van der Waals surface area contributed by atoms with Crippen molar-refractivity contribution in [3.8, 4) is 40.5 Å². The van der Waals surface area contributed by atoms with E-state index in [1.54, 1.807) is 59.8 Å². The van der Waals surface area contributed by atoms with Gasteiger partial charge in [0.25, 0.3) is 0 Å². The van der Waals surface area contributed by atoms with Gasteiger partial charge in [0.1, 0.15) is 11.6 Å². The first-order valence-corrected chi connectivity index (χ1v) is 10.3. The van der Waals surface area contributed by atoms with Crippen molar-refractivity contribution in [2.75, 3.05) is 40.9 Å². The lowest BCUT2D eigenvalue weighted by molar-refractivity contribution is 0.324. The van der Waals surface area contributed by atoms with Crippen molar-refractivity contribution >= 4 is 22.4 Å².